The number of carbonyl (C=O) groups is 2. The van der Waals surface area contributed by atoms with Crippen molar-refractivity contribution in [3.05, 3.63) is 107 Å². The van der Waals surface area contributed by atoms with E-state index in [0.29, 0.717) is 10.6 Å². The summed E-state index contributed by atoms with van der Waals surface area (Å²) in [6.45, 7) is 1.97. The fourth-order valence-corrected chi connectivity index (χ4v) is 4.38. The molecule has 2 amide bonds. The molecule has 0 saturated carbocycles. The highest BCUT2D eigenvalue weighted by molar-refractivity contribution is 8.19. The zero-order valence-corrected chi connectivity index (χ0v) is 18.1. The van der Waals surface area contributed by atoms with Crippen molar-refractivity contribution in [3.63, 3.8) is 0 Å². The minimum absolute atomic E-state index is 0.304. The average molecular weight is 438 g/mol. The summed E-state index contributed by atoms with van der Waals surface area (Å²) in [7, 11) is 0. The second-order valence-corrected chi connectivity index (χ2v) is 8.43. The van der Waals surface area contributed by atoms with Gasteiger partial charge in [-0.1, -0.05) is 66.2 Å². The Bertz CT molecular complexity index is 1330. The van der Waals surface area contributed by atoms with E-state index in [1.807, 2.05) is 85.9 Å². The number of amides is 2. The van der Waals surface area contributed by atoms with E-state index in [2.05, 4.69) is 0 Å². The standard InChI is InChI=1S/C26H19N3O2S/c1-18-12-14-22(15-13-18)29-25(30)23(32-26(29)31)16-20-17-28(21-10-6-3-7-11-21)27-24(20)19-8-4-2-5-9-19/h2-17H,1H3/b23-16-. The summed E-state index contributed by atoms with van der Waals surface area (Å²) < 4.78 is 1.79. The van der Waals surface area contributed by atoms with E-state index in [0.717, 1.165) is 39.8 Å². The molecule has 5 nitrogen and oxygen atoms in total. The first-order valence-electron chi connectivity index (χ1n) is 10.2. The largest absolute Gasteiger partial charge is 0.298 e. The van der Waals surface area contributed by atoms with Gasteiger partial charge in [-0.15, -0.1) is 0 Å². The lowest BCUT2D eigenvalue weighted by Crippen LogP contribution is -2.27. The summed E-state index contributed by atoms with van der Waals surface area (Å²) in [6.07, 6.45) is 3.64. The van der Waals surface area contributed by atoms with Gasteiger partial charge >= 0.3 is 0 Å². The molecule has 0 unspecified atom stereocenters. The molecule has 0 aliphatic carbocycles. The van der Waals surface area contributed by atoms with E-state index in [1.165, 1.54) is 4.90 Å². The number of aryl methyl sites for hydroxylation is 1. The lowest BCUT2D eigenvalue weighted by molar-refractivity contribution is -0.113. The normalized spacial score (nSPS) is 15.0. The maximum absolute atomic E-state index is 13.1. The Labute approximate surface area is 190 Å². The molecule has 5 rings (SSSR count). The third-order valence-electron chi connectivity index (χ3n) is 5.18. The predicted molar refractivity (Wildman–Crippen MR) is 129 cm³/mol. The van der Waals surface area contributed by atoms with E-state index in [-0.39, 0.29) is 11.1 Å². The monoisotopic (exact) mass is 437 g/mol. The van der Waals surface area contributed by atoms with Gasteiger partial charge in [0.1, 0.15) is 0 Å². The van der Waals surface area contributed by atoms with E-state index in [4.69, 9.17) is 5.10 Å². The van der Waals surface area contributed by atoms with Gasteiger partial charge in [-0.2, -0.15) is 5.10 Å². The van der Waals surface area contributed by atoms with Crippen LogP contribution in [0.5, 0.6) is 0 Å². The Balaban J connectivity index is 1.57. The summed E-state index contributed by atoms with van der Waals surface area (Å²) in [5.74, 6) is -0.324. The first kappa shape index (κ1) is 20.0. The van der Waals surface area contributed by atoms with Crippen molar-refractivity contribution in [2.45, 2.75) is 6.92 Å². The van der Waals surface area contributed by atoms with Crippen LogP contribution in [-0.4, -0.2) is 20.9 Å². The number of benzene rings is 3. The highest BCUT2D eigenvalue weighted by Crippen LogP contribution is 2.37. The summed E-state index contributed by atoms with van der Waals surface area (Å²) in [5, 5.41) is 4.47. The Morgan fingerprint density at radius 2 is 1.47 bits per heavy atom. The number of imide groups is 1. The predicted octanol–water partition coefficient (Wildman–Crippen LogP) is 6.09. The molecule has 156 valence electrons. The van der Waals surface area contributed by atoms with E-state index < -0.39 is 0 Å². The molecular weight excluding hydrogens is 418 g/mol. The Kier molecular flexibility index (Phi) is 5.21. The van der Waals surface area contributed by atoms with Crippen molar-refractivity contribution >= 4 is 34.7 Å². The first-order chi connectivity index (χ1) is 15.6. The molecule has 0 radical (unpaired) electrons. The number of aromatic nitrogens is 2. The summed E-state index contributed by atoms with van der Waals surface area (Å²) in [4.78, 5) is 27.4. The van der Waals surface area contributed by atoms with E-state index in [9.17, 15) is 9.59 Å². The van der Waals surface area contributed by atoms with Crippen LogP contribution in [0, 0.1) is 6.92 Å². The van der Waals surface area contributed by atoms with Gasteiger partial charge in [0, 0.05) is 17.3 Å². The number of rotatable bonds is 4. The molecule has 1 fully saturated rings. The second-order valence-electron chi connectivity index (χ2n) is 7.43. The van der Waals surface area contributed by atoms with Crippen molar-refractivity contribution in [3.8, 4) is 16.9 Å². The zero-order chi connectivity index (χ0) is 22.1. The number of nitrogens with zero attached hydrogens (tertiary/aromatic N) is 3. The van der Waals surface area contributed by atoms with Crippen LogP contribution in [-0.2, 0) is 4.79 Å². The quantitative estimate of drug-likeness (QED) is 0.363. The first-order valence-corrected chi connectivity index (χ1v) is 11.0. The van der Waals surface area contributed by atoms with Gasteiger partial charge in [0.25, 0.3) is 11.1 Å². The number of thioether (sulfide) groups is 1. The third-order valence-corrected chi connectivity index (χ3v) is 6.05. The molecule has 0 bridgehead atoms. The van der Waals surface area contributed by atoms with Gasteiger partial charge < -0.3 is 0 Å². The number of carbonyl (C=O) groups excluding carboxylic acids is 2. The van der Waals surface area contributed by atoms with Gasteiger partial charge in [0.05, 0.1) is 22.0 Å². The minimum Gasteiger partial charge on any atom is -0.268 e. The number of hydrogen-bond acceptors (Lipinski definition) is 4. The molecule has 1 aliphatic heterocycles. The molecule has 0 N–H and O–H groups in total. The van der Waals surface area contributed by atoms with Gasteiger partial charge in [0.15, 0.2) is 0 Å². The smallest absolute Gasteiger partial charge is 0.268 e. The van der Waals surface area contributed by atoms with Crippen LogP contribution in [0.25, 0.3) is 23.0 Å². The molecular formula is C26H19N3O2S. The van der Waals surface area contributed by atoms with Crippen molar-refractivity contribution in [2.75, 3.05) is 4.90 Å². The van der Waals surface area contributed by atoms with Crippen LogP contribution in [0.4, 0.5) is 10.5 Å². The summed E-state index contributed by atoms with van der Waals surface area (Å²) >= 11 is 0.946. The molecule has 2 heterocycles. The van der Waals surface area contributed by atoms with Gasteiger partial charge in [-0.3, -0.25) is 9.59 Å². The molecule has 0 spiro atoms. The molecule has 1 aliphatic rings. The Morgan fingerprint density at radius 3 is 2.16 bits per heavy atom. The highest BCUT2D eigenvalue weighted by atomic mass is 32.2. The molecule has 6 heteroatoms. The SMILES string of the molecule is Cc1ccc(N2C(=O)S/C(=C\c3cn(-c4ccccc4)nc3-c3ccccc3)C2=O)cc1. The van der Waals surface area contributed by atoms with E-state index in [1.54, 1.807) is 22.9 Å². The van der Waals surface area contributed by atoms with Crippen LogP contribution in [0.15, 0.2) is 96.0 Å². The van der Waals surface area contributed by atoms with Crippen LogP contribution in [0.2, 0.25) is 0 Å². The highest BCUT2D eigenvalue weighted by Gasteiger charge is 2.36. The molecule has 1 aromatic heterocycles. The summed E-state index contributed by atoms with van der Waals surface area (Å²) in [5.41, 5.74) is 5.01. The maximum atomic E-state index is 13.1. The second kappa shape index (κ2) is 8.32. The molecule has 0 atom stereocenters. The van der Waals surface area contributed by atoms with Crippen molar-refractivity contribution in [1.82, 2.24) is 9.78 Å². The number of para-hydroxylation sites is 1. The molecule has 3 aromatic carbocycles. The topological polar surface area (TPSA) is 55.2 Å². The maximum Gasteiger partial charge on any atom is 0.298 e. The van der Waals surface area contributed by atoms with Crippen LogP contribution in [0.1, 0.15) is 11.1 Å². The number of anilines is 1. The van der Waals surface area contributed by atoms with Crippen molar-refractivity contribution in [2.24, 2.45) is 0 Å². The fourth-order valence-electron chi connectivity index (χ4n) is 3.55. The minimum atomic E-state index is -0.324. The third kappa shape index (κ3) is 3.76. The lowest BCUT2D eigenvalue weighted by atomic mass is 10.1. The van der Waals surface area contributed by atoms with Gasteiger partial charge in [0.2, 0.25) is 0 Å². The molecule has 4 aromatic rings. The lowest BCUT2D eigenvalue weighted by Gasteiger charge is -2.12. The van der Waals surface area contributed by atoms with Crippen LogP contribution in [0.3, 0.4) is 0 Å². The Morgan fingerprint density at radius 1 is 0.812 bits per heavy atom. The Hall–Kier alpha value is -3.90. The average Bonchev–Trinajstić information content (AvgIpc) is 3.36. The van der Waals surface area contributed by atoms with Crippen molar-refractivity contribution in [1.29, 1.82) is 0 Å². The van der Waals surface area contributed by atoms with Gasteiger partial charge in [-0.25, -0.2) is 9.58 Å². The molecule has 1 saturated heterocycles. The van der Waals surface area contributed by atoms with Gasteiger partial charge in [-0.05, 0) is 49.0 Å². The van der Waals surface area contributed by atoms with Crippen LogP contribution >= 0.6 is 11.8 Å². The van der Waals surface area contributed by atoms with Crippen molar-refractivity contribution < 1.29 is 9.59 Å². The molecule has 32 heavy (non-hydrogen) atoms. The number of hydrogen-bond donors (Lipinski definition) is 0. The fraction of sp³-hybridized carbons (Fsp3) is 0.0385. The van der Waals surface area contributed by atoms with E-state index >= 15 is 0 Å². The zero-order valence-electron chi connectivity index (χ0n) is 17.3. The summed E-state index contributed by atoms with van der Waals surface area (Å²) in [6, 6.07) is 27.0. The van der Waals surface area contributed by atoms with Crippen LogP contribution < -0.4 is 4.90 Å².